The Bertz CT molecular complexity index is 527. The number of nitrogens with two attached hydrogens (primary N) is 1. The van der Waals surface area contributed by atoms with Gasteiger partial charge in [-0.25, -0.2) is 4.39 Å². The molecule has 1 aliphatic rings. The predicted octanol–water partition coefficient (Wildman–Crippen LogP) is 1.39. The van der Waals surface area contributed by atoms with Gasteiger partial charge in [-0.05, 0) is 43.4 Å². The van der Waals surface area contributed by atoms with Crippen LogP contribution in [0.25, 0.3) is 0 Å². The van der Waals surface area contributed by atoms with Crippen molar-refractivity contribution in [2.75, 3.05) is 0 Å². The Kier molecular flexibility index (Phi) is 3.69. The molecule has 1 aliphatic carbocycles. The van der Waals surface area contributed by atoms with E-state index in [2.05, 4.69) is 10.5 Å². The SMILES string of the molecule is Cc1ccc(C(=O)NC(C(N)=NO)C2CC2)c(F)c1. The highest BCUT2D eigenvalue weighted by Crippen LogP contribution is 2.32. The van der Waals surface area contributed by atoms with Crippen molar-refractivity contribution >= 4 is 11.7 Å². The molecule has 1 fully saturated rings. The van der Waals surface area contributed by atoms with E-state index in [-0.39, 0.29) is 17.3 Å². The predicted molar refractivity (Wildman–Crippen MR) is 68.5 cm³/mol. The zero-order chi connectivity index (χ0) is 14.0. The lowest BCUT2D eigenvalue weighted by atomic mass is 10.1. The molecular formula is C13H16FN3O2. The molecule has 19 heavy (non-hydrogen) atoms. The number of carbonyl (C=O) groups is 1. The molecule has 1 aromatic carbocycles. The van der Waals surface area contributed by atoms with Gasteiger partial charge in [-0.3, -0.25) is 4.79 Å². The number of halogens is 1. The van der Waals surface area contributed by atoms with E-state index in [1.807, 2.05) is 0 Å². The standard InChI is InChI=1S/C13H16FN3O2/c1-7-2-5-9(10(14)6-7)13(18)16-11(8-3-4-8)12(15)17-19/h2,5-6,8,11,19H,3-4H2,1H3,(H2,15,17)(H,16,18). The molecule has 0 spiro atoms. The van der Waals surface area contributed by atoms with E-state index < -0.39 is 17.8 Å². The van der Waals surface area contributed by atoms with Crippen molar-refractivity contribution in [1.82, 2.24) is 5.32 Å². The topological polar surface area (TPSA) is 87.7 Å². The molecule has 4 N–H and O–H groups in total. The molecule has 1 aromatic rings. The minimum absolute atomic E-state index is 0.0398. The van der Waals surface area contributed by atoms with Crippen LogP contribution >= 0.6 is 0 Å². The monoisotopic (exact) mass is 265 g/mol. The number of amides is 1. The maximum Gasteiger partial charge on any atom is 0.254 e. The van der Waals surface area contributed by atoms with Gasteiger partial charge in [0, 0.05) is 0 Å². The van der Waals surface area contributed by atoms with E-state index in [4.69, 9.17) is 10.9 Å². The fourth-order valence-corrected chi connectivity index (χ4v) is 1.95. The number of hydrogen-bond donors (Lipinski definition) is 3. The van der Waals surface area contributed by atoms with Crippen molar-refractivity contribution in [1.29, 1.82) is 0 Å². The Labute approximate surface area is 110 Å². The molecule has 0 bridgehead atoms. The van der Waals surface area contributed by atoms with Gasteiger partial charge in [0.2, 0.25) is 0 Å². The second kappa shape index (κ2) is 5.26. The fourth-order valence-electron chi connectivity index (χ4n) is 1.95. The fraction of sp³-hybridized carbons (Fsp3) is 0.385. The Morgan fingerprint density at radius 2 is 2.26 bits per heavy atom. The molecule has 0 aliphatic heterocycles. The van der Waals surface area contributed by atoms with Crippen molar-refractivity contribution in [3.8, 4) is 0 Å². The van der Waals surface area contributed by atoms with Crippen LogP contribution in [-0.4, -0.2) is 23.0 Å². The third-order valence-corrected chi connectivity index (χ3v) is 3.18. The Balaban J connectivity index is 2.15. The summed E-state index contributed by atoms with van der Waals surface area (Å²) in [5.41, 5.74) is 6.24. The van der Waals surface area contributed by atoms with Crippen LogP contribution in [0.5, 0.6) is 0 Å². The summed E-state index contributed by atoms with van der Waals surface area (Å²) in [6.45, 7) is 1.74. The zero-order valence-electron chi connectivity index (χ0n) is 10.6. The number of hydrogen-bond acceptors (Lipinski definition) is 3. The Morgan fingerprint density at radius 1 is 1.58 bits per heavy atom. The van der Waals surface area contributed by atoms with Crippen molar-refractivity contribution < 1.29 is 14.4 Å². The summed E-state index contributed by atoms with van der Waals surface area (Å²) in [4.78, 5) is 12.0. The number of amidine groups is 1. The van der Waals surface area contributed by atoms with E-state index in [9.17, 15) is 9.18 Å². The second-order valence-electron chi connectivity index (χ2n) is 4.80. The number of carbonyl (C=O) groups excluding carboxylic acids is 1. The third kappa shape index (κ3) is 3.01. The van der Waals surface area contributed by atoms with E-state index >= 15 is 0 Å². The van der Waals surface area contributed by atoms with Crippen LogP contribution < -0.4 is 11.1 Å². The van der Waals surface area contributed by atoms with Crippen LogP contribution in [0.3, 0.4) is 0 Å². The molecule has 0 heterocycles. The summed E-state index contributed by atoms with van der Waals surface area (Å²) in [5, 5.41) is 14.2. The van der Waals surface area contributed by atoms with Gasteiger partial charge in [0.25, 0.3) is 5.91 Å². The molecule has 2 rings (SSSR count). The number of rotatable bonds is 4. The quantitative estimate of drug-likeness (QED) is 0.333. The molecule has 0 aromatic heterocycles. The minimum Gasteiger partial charge on any atom is -0.409 e. The molecular weight excluding hydrogens is 249 g/mol. The summed E-state index contributed by atoms with van der Waals surface area (Å²) in [6, 6.07) is 3.84. The first kappa shape index (κ1) is 13.3. The number of benzene rings is 1. The van der Waals surface area contributed by atoms with Crippen molar-refractivity contribution in [2.45, 2.75) is 25.8 Å². The molecule has 0 saturated heterocycles. The molecule has 102 valence electrons. The zero-order valence-corrected chi connectivity index (χ0v) is 10.6. The number of oxime groups is 1. The summed E-state index contributed by atoms with van der Waals surface area (Å²) < 4.78 is 13.7. The van der Waals surface area contributed by atoms with Gasteiger partial charge < -0.3 is 16.3 Å². The lowest BCUT2D eigenvalue weighted by molar-refractivity contribution is 0.0939. The van der Waals surface area contributed by atoms with E-state index in [1.54, 1.807) is 13.0 Å². The molecule has 1 atom stereocenters. The van der Waals surface area contributed by atoms with Crippen LogP contribution in [0, 0.1) is 18.7 Å². The summed E-state index contributed by atoms with van der Waals surface area (Å²) in [5.74, 6) is -1.02. The Morgan fingerprint density at radius 3 is 2.79 bits per heavy atom. The smallest absolute Gasteiger partial charge is 0.254 e. The lowest BCUT2D eigenvalue weighted by Crippen LogP contribution is -2.46. The van der Waals surface area contributed by atoms with Crippen molar-refractivity contribution in [2.24, 2.45) is 16.8 Å². The van der Waals surface area contributed by atoms with Gasteiger partial charge in [0.15, 0.2) is 5.84 Å². The highest BCUT2D eigenvalue weighted by Gasteiger charge is 2.35. The Hall–Kier alpha value is -2.11. The van der Waals surface area contributed by atoms with Crippen molar-refractivity contribution in [3.63, 3.8) is 0 Å². The molecule has 1 unspecified atom stereocenters. The molecule has 1 saturated carbocycles. The first-order chi connectivity index (χ1) is 9.02. The maximum atomic E-state index is 13.7. The van der Waals surface area contributed by atoms with E-state index in [1.165, 1.54) is 12.1 Å². The van der Waals surface area contributed by atoms with Gasteiger partial charge in [-0.1, -0.05) is 11.2 Å². The van der Waals surface area contributed by atoms with Crippen LogP contribution in [0.2, 0.25) is 0 Å². The van der Waals surface area contributed by atoms with Crippen LogP contribution in [-0.2, 0) is 0 Å². The van der Waals surface area contributed by atoms with Crippen LogP contribution in [0.1, 0.15) is 28.8 Å². The number of nitrogens with zero attached hydrogens (tertiary/aromatic N) is 1. The van der Waals surface area contributed by atoms with Gasteiger partial charge in [-0.2, -0.15) is 0 Å². The number of aryl methyl sites for hydroxylation is 1. The highest BCUT2D eigenvalue weighted by molar-refractivity contribution is 5.98. The van der Waals surface area contributed by atoms with E-state index in [0.717, 1.165) is 18.4 Å². The van der Waals surface area contributed by atoms with Gasteiger partial charge in [0.05, 0.1) is 11.6 Å². The molecule has 6 heteroatoms. The normalized spacial score (nSPS) is 17.1. The summed E-state index contributed by atoms with van der Waals surface area (Å²) in [6.07, 6.45) is 1.80. The summed E-state index contributed by atoms with van der Waals surface area (Å²) in [7, 11) is 0. The maximum absolute atomic E-state index is 13.7. The third-order valence-electron chi connectivity index (χ3n) is 3.18. The van der Waals surface area contributed by atoms with E-state index in [0.29, 0.717) is 0 Å². The summed E-state index contributed by atoms with van der Waals surface area (Å²) >= 11 is 0. The van der Waals surface area contributed by atoms with Crippen molar-refractivity contribution in [3.05, 3.63) is 35.1 Å². The molecule has 1 amide bonds. The van der Waals surface area contributed by atoms with Gasteiger partial charge in [0.1, 0.15) is 5.82 Å². The van der Waals surface area contributed by atoms with Gasteiger partial charge >= 0.3 is 0 Å². The number of nitrogens with one attached hydrogen (secondary N) is 1. The van der Waals surface area contributed by atoms with Gasteiger partial charge in [-0.15, -0.1) is 0 Å². The first-order valence-electron chi connectivity index (χ1n) is 6.07. The molecule has 5 nitrogen and oxygen atoms in total. The largest absolute Gasteiger partial charge is 0.409 e. The second-order valence-corrected chi connectivity index (χ2v) is 4.80. The van der Waals surface area contributed by atoms with Crippen LogP contribution in [0.4, 0.5) is 4.39 Å². The average Bonchev–Trinajstić information content (AvgIpc) is 3.19. The lowest BCUT2D eigenvalue weighted by Gasteiger charge is -2.17. The highest BCUT2D eigenvalue weighted by atomic mass is 19.1. The molecule has 0 radical (unpaired) electrons. The van der Waals surface area contributed by atoms with Crippen LogP contribution in [0.15, 0.2) is 23.4 Å². The minimum atomic E-state index is -0.577. The average molecular weight is 265 g/mol. The first-order valence-corrected chi connectivity index (χ1v) is 6.07.